The first-order chi connectivity index (χ1) is 10.9. The van der Waals surface area contributed by atoms with Crippen molar-refractivity contribution in [3.05, 3.63) is 34.2 Å². The second-order valence-corrected chi connectivity index (χ2v) is 7.39. The van der Waals surface area contributed by atoms with Crippen LogP contribution in [0, 0.1) is 5.41 Å². The third-order valence-corrected chi connectivity index (χ3v) is 4.68. The average Bonchev–Trinajstić information content (AvgIpc) is 3.05. The predicted octanol–water partition coefficient (Wildman–Crippen LogP) is 3.29. The van der Waals surface area contributed by atoms with Crippen LogP contribution < -0.4 is 5.32 Å². The second kappa shape index (κ2) is 5.90. The highest BCUT2D eigenvalue weighted by molar-refractivity contribution is 7.17. The molecule has 0 aliphatic heterocycles. The number of nitrogens with zero attached hydrogens (tertiary/aromatic N) is 1. The number of anilines is 1. The Balaban J connectivity index is 1.76. The highest BCUT2D eigenvalue weighted by atomic mass is 32.1. The number of amides is 1. The molecule has 0 saturated heterocycles. The molecule has 122 valence electrons. The van der Waals surface area contributed by atoms with Gasteiger partial charge in [-0.25, -0.2) is 4.98 Å². The molecule has 0 unspecified atom stereocenters. The number of hydrogen-bond acceptors (Lipinski definition) is 6. The Morgan fingerprint density at radius 3 is 2.96 bits per heavy atom. The van der Waals surface area contributed by atoms with Crippen LogP contribution in [-0.4, -0.2) is 23.8 Å². The number of ketones is 1. The average molecular weight is 334 g/mol. The van der Waals surface area contributed by atoms with Gasteiger partial charge in [-0.15, -0.1) is 0 Å². The number of Topliss-reactive ketones (excluding diaryl/α,β-unsaturated/α-hetero) is 1. The summed E-state index contributed by atoms with van der Waals surface area (Å²) >= 11 is 1.23. The van der Waals surface area contributed by atoms with E-state index < -0.39 is 0 Å². The summed E-state index contributed by atoms with van der Waals surface area (Å²) in [6.45, 7) is 4.40. The van der Waals surface area contributed by atoms with Crippen molar-refractivity contribution < 1.29 is 18.7 Å². The number of furan rings is 1. The largest absolute Gasteiger partial charge is 0.453 e. The molecule has 0 spiro atoms. The van der Waals surface area contributed by atoms with Gasteiger partial charge in [-0.3, -0.25) is 14.9 Å². The molecular weight excluding hydrogens is 316 g/mol. The van der Waals surface area contributed by atoms with E-state index in [4.69, 9.17) is 9.15 Å². The Morgan fingerprint density at radius 1 is 1.43 bits per heavy atom. The van der Waals surface area contributed by atoms with E-state index in [0.29, 0.717) is 28.8 Å². The van der Waals surface area contributed by atoms with E-state index >= 15 is 0 Å². The first-order valence-electron chi connectivity index (χ1n) is 7.30. The van der Waals surface area contributed by atoms with Gasteiger partial charge in [0.05, 0.1) is 10.6 Å². The molecule has 0 aromatic carbocycles. The fourth-order valence-corrected chi connectivity index (χ4v) is 3.57. The Kier molecular flexibility index (Phi) is 4.08. The van der Waals surface area contributed by atoms with Gasteiger partial charge in [0.2, 0.25) is 0 Å². The normalized spacial score (nSPS) is 16.2. The lowest BCUT2D eigenvalue weighted by Crippen LogP contribution is -2.26. The molecule has 1 amide bonds. The summed E-state index contributed by atoms with van der Waals surface area (Å²) in [5, 5.41) is 3.13. The third kappa shape index (κ3) is 3.35. The van der Waals surface area contributed by atoms with E-state index in [0.717, 1.165) is 12.1 Å². The van der Waals surface area contributed by atoms with Crippen LogP contribution in [0.5, 0.6) is 0 Å². The highest BCUT2D eigenvalue weighted by Gasteiger charge is 2.34. The maximum absolute atomic E-state index is 12.2. The number of hydrogen-bond donors (Lipinski definition) is 1. The summed E-state index contributed by atoms with van der Waals surface area (Å²) in [4.78, 5) is 29.4. The summed E-state index contributed by atoms with van der Waals surface area (Å²) in [7, 11) is 1.56. The number of methoxy groups -OCH3 is 1. The molecule has 7 heteroatoms. The zero-order chi connectivity index (χ0) is 16.6. The standard InChI is InChI=1S/C16H18N2O4S/c1-16(2)6-10-13(11(19)7-16)23-15(17-10)18-14(20)12-5-4-9(22-12)8-21-3/h4-5H,6-8H2,1-3H3,(H,17,18,20). The van der Waals surface area contributed by atoms with Crippen molar-refractivity contribution in [2.45, 2.75) is 33.3 Å². The van der Waals surface area contributed by atoms with Crippen LogP contribution in [-0.2, 0) is 17.8 Å². The summed E-state index contributed by atoms with van der Waals surface area (Å²) in [6.07, 6.45) is 1.24. The molecule has 1 aliphatic rings. The molecule has 2 heterocycles. The van der Waals surface area contributed by atoms with Crippen LogP contribution in [0.15, 0.2) is 16.5 Å². The van der Waals surface area contributed by atoms with Crippen LogP contribution >= 0.6 is 11.3 Å². The first kappa shape index (κ1) is 15.9. The number of carbonyl (C=O) groups is 2. The van der Waals surface area contributed by atoms with Gasteiger partial charge in [0.15, 0.2) is 16.7 Å². The monoisotopic (exact) mass is 334 g/mol. The minimum atomic E-state index is -0.384. The van der Waals surface area contributed by atoms with E-state index in [9.17, 15) is 9.59 Å². The molecule has 23 heavy (non-hydrogen) atoms. The van der Waals surface area contributed by atoms with Crippen LogP contribution in [0.1, 0.15) is 51.9 Å². The second-order valence-electron chi connectivity index (χ2n) is 6.39. The molecule has 0 radical (unpaired) electrons. The number of aromatic nitrogens is 1. The van der Waals surface area contributed by atoms with Crippen molar-refractivity contribution in [1.82, 2.24) is 4.98 Å². The first-order valence-corrected chi connectivity index (χ1v) is 8.11. The van der Waals surface area contributed by atoms with Crippen molar-refractivity contribution in [1.29, 1.82) is 0 Å². The third-order valence-electron chi connectivity index (χ3n) is 3.63. The maximum atomic E-state index is 12.2. The van der Waals surface area contributed by atoms with Crippen LogP contribution in [0.4, 0.5) is 5.13 Å². The van der Waals surface area contributed by atoms with Gasteiger partial charge >= 0.3 is 0 Å². The summed E-state index contributed by atoms with van der Waals surface area (Å²) < 4.78 is 10.3. The molecule has 0 bridgehead atoms. The summed E-state index contributed by atoms with van der Waals surface area (Å²) in [5.41, 5.74) is 0.682. The minimum absolute atomic E-state index is 0.0878. The Bertz CT molecular complexity index is 760. The van der Waals surface area contributed by atoms with Crippen molar-refractivity contribution in [3.63, 3.8) is 0 Å². The number of ether oxygens (including phenoxy) is 1. The number of thiazole rings is 1. The quantitative estimate of drug-likeness (QED) is 0.928. The topological polar surface area (TPSA) is 81.4 Å². The highest BCUT2D eigenvalue weighted by Crippen LogP contribution is 2.38. The Labute approximate surface area is 137 Å². The van der Waals surface area contributed by atoms with E-state index in [1.165, 1.54) is 11.3 Å². The maximum Gasteiger partial charge on any atom is 0.293 e. The van der Waals surface area contributed by atoms with Gasteiger partial charge in [0.1, 0.15) is 12.4 Å². The van der Waals surface area contributed by atoms with E-state index in [1.54, 1.807) is 19.2 Å². The van der Waals surface area contributed by atoms with Gasteiger partial charge in [0, 0.05) is 13.5 Å². The van der Waals surface area contributed by atoms with E-state index in [2.05, 4.69) is 10.3 Å². The minimum Gasteiger partial charge on any atom is -0.453 e. The molecule has 0 fully saturated rings. The number of fused-ring (bicyclic) bond motifs is 1. The molecule has 1 aliphatic carbocycles. The van der Waals surface area contributed by atoms with Gasteiger partial charge < -0.3 is 9.15 Å². The van der Waals surface area contributed by atoms with Crippen molar-refractivity contribution in [2.24, 2.45) is 5.41 Å². The number of rotatable bonds is 4. The Morgan fingerprint density at radius 2 is 2.22 bits per heavy atom. The molecular formula is C16H18N2O4S. The summed E-state index contributed by atoms with van der Waals surface area (Å²) in [5.74, 6) is 0.477. The van der Waals surface area contributed by atoms with Gasteiger partial charge in [-0.05, 0) is 24.0 Å². The van der Waals surface area contributed by atoms with Gasteiger partial charge in [-0.1, -0.05) is 25.2 Å². The zero-order valence-electron chi connectivity index (χ0n) is 13.3. The lowest BCUT2D eigenvalue weighted by molar-refractivity contribution is 0.0915. The van der Waals surface area contributed by atoms with Crippen molar-refractivity contribution in [3.8, 4) is 0 Å². The SMILES string of the molecule is COCc1ccc(C(=O)Nc2nc3c(s2)C(=O)CC(C)(C)C3)o1. The summed E-state index contributed by atoms with van der Waals surface area (Å²) in [6, 6.07) is 3.28. The molecule has 1 N–H and O–H groups in total. The van der Waals surface area contributed by atoms with Crippen molar-refractivity contribution >= 4 is 28.2 Å². The van der Waals surface area contributed by atoms with Gasteiger partial charge in [0.25, 0.3) is 5.91 Å². The van der Waals surface area contributed by atoms with Gasteiger partial charge in [-0.2, -0.15) is 0 Å². The smallest absolute Gasteiger partial charge is 0.293 e. The zero-order valence-corrected chi connectivity index (χ0v) is 14.1. The molecule has 3 rings (SSSR count). The fraction of sp³-hybridized carbons (Fsp3) is 0.438. The van der Waals surface area contributed by atoms with E-state index in [-0.39, 0.29) is 22.9 Å². The van der Waals surface area contributed by atoms with Crippen LogP contribution in [0.3, 0.4) is 0 Å². The van der Waals surface area contributed by atoms with Crippen LogP contribution in [0.2, 0.25) is 0 Å². The molecule has 2 aromatic heterocycles. The number of carbonyl (C=O) groups excluding carboxylic acids is 2. The molecule has 0 saturated carbocycles. The molecule has 0 atom stereocenters. The Hall–Kier alpha value is -1.99. The van der Waals surface area contributed by atoms with Crippen molar-refractivity contribution in [2.75, 3.05) is 12.4 Å². The van der Waals surface area contributed by atoms with Crippen LogP contribution in [0.25, 0.3) is 0 Å². The molecule has 2 aromatic rings. The number of nitrogens with one attached hydrogen (secondary N) is 1. The fourth-order valence-electron chi connectivity index (χ4n) is 2.65. The predicted molar refractivity (Wildman–Crippen MR) is 85.9 cm³/mol. The lowest BCUT2D eigenvalue weighted by Gasteiger charge is -2.26. The molecule has 6 nitrogen and oxygen atoms in total. The van der Waals surface area contributed by atoms with E-state index in [1.807, 2.05) is 13.8 Å². The lowest BCUT2D eigenvalue weighted by atomic mass is 9.78.